The lowest BCUT2D eigenvalue weighted by molar-refractivity contribution is -0.147. The van der Waals surface area contributed by atoms with Gasteiger partial charge in [0.2, 0.25) is 0 Å². The van der Waals surface area contributed by atoms with Crippen LogP contribution in [0.2, 0.25) is 0 Å². The molecule has 0 aliphatic heterocycles. The molecule has 2 atom stereocenters. The van der Waals surface area contributed by atoms with Crippen molar-refractivity contribution in [2.45, 2.75) is 58.8 Å². The fourth-order valence-electron chi connectivity index (χ4n) is 1.41. The van der Waals surface area contributed by atoms with E-state index in [9.17, 15) is 0 Å². The van der Waals surface area contributed by atoms with Gasteiger partial charge in [0.25, 0.3) is 0 Å². The molecule has 0 aromatic carbocycles. The van der Waals surface area contributed by atoms with Crippen LogP contribution in [0.4, 0.5) is 0 Å². The van der Waals surface area contributed by atoms with Crippen molar-refractivity contribution in [3.05, 3.63) is 10.2 Å². The highest BCUT2D eigenvalue weighted by atomic mass is 127. The minimum Gasteiger partial charge on any atom is -0.353 e. The molecule has 0 aliphatic rings. The molecule has 0 radical (unpaired) electrons. The summed E-state index contributed by atoms with van der Waals surface area (Å²) < 4.78 is 13.2. The van der Waals surface area contributed by atoms with Crippen LogP contribution >= 0.6 is 22.6 Å². The summed E-state index contributed by atoms with van der Waals surface area (Å²) in [4.78, 5) is 0. The Morgan fingerprint density at radius 1 is 1.27 bits per heavy atom. The summed E-state index contributed by atoms with van der Waals surface area (Å²) in [6, 6.07) is 0. The number of ether oxygens (including phenoxy) is 2. The maximum atomic E-state index is 5.76. The molecule has 0 saturated heterocycles. The molecule has 0 aromatic heterocycles. The first-order chi connectivity index (χ1) is 7.24. The number of hydrogen-bond acceptors (Lipinski definition) is 2. The summed E-state index contributed by atoms with van der Waals surface area (Å²) in [7, 11) is 0. The Morgan fingerprint density at radius 3 is 2.53 bits per heavy atom. The summed E-state index contributed by atoms with van der Waals surface area (Å²) in [5.74, 6) is 0. The summed E-state index contributed by atoms with van der Waals surface area (Å²) >= 11 is 2.23. The number of unbranched alkanes of at least 4 members (excludes halogenated alkanes) is 2. The molecule has 3 heteroatoms. The van der Waals surface area contributed by atoms with Crippen LogP contribution < -0.4 is 0 Å². The normalized spacial score (nSPS) is 15.7. The van der Waals surface area contributed by atoms with Gasteiger partial charge in [0.05, 0.1) is 6.10 Å². The molecule has 0 aliphatic carbocycles. The molecule has 0 spiro atoms. The van der Waals surface area contributed by atoms with E-state index in [0.717, 1.165) is 6.42 Å². The van der Waals surface area contributed by atoms with Crippen molar-refractivity contribution < 1.29 is 9.47 Å². The van der Waals surface area contributed by atoms with E-state index in [-0.39, 0.29) is 12.4 Å². The molecule has 0 N–H and O–H groups in total. The minimum atomic E-state index is -0.103. The molecular formula is C12H23IO2. The fraction of sp³-hybridized carbons (Fsp3) is 0.833. The van der Waals surface area contributed by atoms with Crippen LogP contribution in [0.3, 0.4) is 0 Å². The number of rotatable bonds is 9. The predicted molar refractivity (Wildman–Crippen MR) is 73.3 cm³/mol. The first kappa shape index (κ1) is 15.4. The van der Waals surface area contributed by atoms with Crippen molar-refractivity contribution in [1.29, 1.82) is 0 Å². The summed E-state index contributed by atoms with van der Waals surface area (Å²) in [5, 5.41) is 0. The van der Waals surface area contributed by atoms with E-state index in [4.69, 9.17) is 9.47 Å². The van der Waals surface area contributed by atoms with Crippen molar-refractivity contribution >= 4 is 22.6 Å². The molecule has 0 bridgehead atoms. The maximum Gasteiger partial charge on any atom is 0.155 e. The zero-order chi connectivity index (χ0) is 11.5. The third kappa shape index (κ3) is 9.33. The average molecular weight is 326 g/mol. The molecule has 2 nitrogen and oxygen atoms in total. The molecule has 90 valence electrons. The quantitative estimate of drug-likeness (QED) is 0.358. The van der Waals surface area contributed by atoms with Crippen LogP contribution in [0.1, 0.15) is 46.5 Å². The van der Waals surface area contributed by atoms with Gasteiger partial charge in [-0.05, 0) is 30.4 Å². The van der Waals surface area contributed by atoms with Crippen molar-refractivity contribution in [3.8, 4) is 0 Å². The topological polar surface area (TPSA) is 18.5 Å². The van der Waals surface area contributed by atoms with Gasteiger partial charge in [-0.1, -0.05) is 48.8 Å². The molecule has 0 fully saturated rings. The van der Waals surface area contributed by atoms with Crippen LogP contribution in [0.5, 0.6) is 0 Å². The van der Waals surface area contributed by atoms with Crippen molar-refractivity contribution in [2.24, 2.45) is 0 Å². The zero-order valence-corrected chi connectivity index (χ0v) is 12.2. The van der Waals surface area contributed by atoms with Crippen molar-refractivity contribution in [2.75, 3.05) is 6.61 Å². The van der Waals surface area contributed by atoms with Gasteiger partial charge < -0.3 is 9.47 Å². The first-order valence-corrected chi connectivity index (χ1v) is 7.03. The lowest BCUT2D eigenvalue weighted by atomic mass is 10.1. The van der Waals surface area contributed by atoms with E-state index in [2.05, 4.69) is 35.6 Å². The Bertz CT molecular complexity index is 160. The van der Waals surface area contributed by atoms with E-state index in [1.165, 1.54) is 19.3 Å². The van der Waals surface area contributed by atoms with Gasteiger partial charge in [0, 0.05) is 6.61 Å². The Hall–Kier alpha value is 0.390. The molecular weight excluding hydrogens is 303 g/mol. The zero-order valence-electron chi connectivity index (χ0n) is 10.0. The van der Waals surface area contributed by atoms with Crippen LogP contribution in [0.15, 0.2) is 10.2 Å². The summed E-state index contributed by atoms with van der Waals surface area (Å²) in [5.41, 5.74) is 0. The third-order valence-electron chi connectivity index (χ3n) is 2.15. The fourth-order valence-corrected chi connectivity index (χ4v) is 1.87. The van der Waals surface area contributed by atoms with Crippen molar-refractivity contribution in [1.82, 2.24) is 0 Å². The van der Waals surface area contributed by atoms with Crippen molar-refractivity contribution in [3.63, 3.8) is 0 Å². The highest BCUT2D eigenvalue weighted by Crippen LogP contribution is 2.12. The van der Waals surface area contributed by atoms with E-state index in [1.807, 2.05) is 17.9 Å². The lowest BCUT2D eigenvalue weighted by Gasteiger charge is -2.19. The van der Waals surface area contributed by atoms with Crippen LogP contribution in [-0.2, 0) is 9.47 Å². The molecule has 15 heavy (non-hydrogen) atoms. The Balaban J connectivity index is 3.81. The molecule has 0 heterocycles. The van der Waals surface area contributed by atoms with Crippen LogP contribution in [0, 0.1) is 0 Å². The third-order valence-corrected chi connectivity index (χ3v) is 2.56. The Morgan fingerprint density at radius 2 is 2.00 bits per heavy atom. The highest BCUT2D eigenvalue weighted by molar-refractivity contribution is 14.1. The maximum absolute atomic E-state index is 5.76. The summed E-state index contributed by atoms with van der Waals surface area (Å²) in [6.45, 7) is 6.86. The minimum absolute atomic E-state index is 0.103. The van der Waals surface area contributed by atoms with Gasteiger partial charge in [0.15, 0.2) is 6.29 Å². The summed E-state index contributed by atoms with van der Waals surface area (Å²) in [6.07, 6.45) is 7.04. The predicted octanol–water partition coefficient (Wildman–Crippen LogP) is 4.28. The lowest BCUT2D eigenvalue weighted by Crippen LogP contribution is -2.20. The van der Waals surface area contributed by atoms with Gasteiger partial charge in [-0.3, -0.25) is 0 Å². The first-order valence-electron chi connectivity index (χ1n) is 5.78. The second kappa shape index (κ2) is 10.9. The molecule has 0 amide bonds. The average Bonchev–Trinajstić information content (AvgIpc) is 2.18. The molecule has 0 rings (SSSR count). The largest absolute Gasteiger partial charge is 0.353 e. The molecule has 1 unspecified atom stereocenters. The highest BCUT2D eigenvalue weighted by Gasteiger charge is 2.09. The second-order valence-corrected chi connectivity index (χ2v) is 4.23. The van der Waals surface area contributed by atoms with Gasteiger partial charge in [-0.15, -0.1) is 0 Å². The second-order valence-electron chi connectivity index (χ2n) is 3.51. The number of hydrogen-bond donors (Lipinski definition) is 0. The van der Waals surface area contributed by atoms with Crippen LogP contribution in [0.25, 0.3) is 0 Å². The van der Waals surface area contributed by atoms with E-state index < -0.39 is 0 Å². The SMILES string of the molecule is CCCCCC(/C=C\I)O[C@@H](C)OCC. The molecule has 0 saturated carbocycles. The molecule has 0 aromatic rings. The van der Waals surface area contributed by atoms with Gasteiger partial charge in [-0.2, -0.15) is 0 Å². The van der Waals surface area contributed by atoms with Crippen LogP contribution in [-0.4, -0.2) is 19.0 Å². The van der Waals surface area contributed by atoms with E-state index in [1.54, 1.807) is 0 Å². The smallest absolute Gasteiger partial charge is 0.155 e. The van der Waals surface area contributed by atoms with Gasteiger partial charge in [-0.25, -0.2) is 0 Å². The van der Waals surface area contributed by atoms with Gasteiger partial charge in [0.1, 0.15) is 0 Å². The number of halogens is 1. The Labute approximate surface area is 108 Å². The van der Waals surface area contributed by atoms with Gasteiger partial charge >= 0.3 is 0 Å². The van der Waals surface area contributed by atoms with E-state index >= 15 is 0 Å². The monoisotopic (exact) mass is 326 g/mol. The Kier molecular flexibility index (Phi) is 11.2. The van der Waals surface area contributed by atoms with E-state index in [0.29, 0.717) is 6.61 Å². The standard InChI is InChI=1S/C12H23IO2/c1-4-6-7-8-12(9-10-13)15-11(3)14-5-2/h9-12H,4-8H2,1-3H3/b10-9-/t11-,12?/m0/s1.